The standard InChI is InChI=1S/C17H21N3O2/c1-13-2-4-15-10-14(3-5-16(15)19-13)11-18-17(21)12-20-6-8-22-9-7-20/h2-5,10H,6-9,11-12H2,1H3,(H,18,21). The molecule has 5 nitrogen and oxygen atoms in total. The van der Waals surface area contributed by atoms with Gasteiger partial charge in [0.25, 0.3) is 0 Å². The number of fused-ring (bicyclic) bond motifs is 1. The Labute approximate surface area is 130 Å². The number of hydrogen-bond donors (Lipinski definition) is 1. The summed E-state index contributed by atoms with van der Waals surface area (Å²) in [7, 11) is 0. The van der Waals surface area contributed by atoms with Gasteiger partial charge in [-0.05, 0) is 30.7 Å². The average molecular weight is 299 g/mol. The lowest BCUT2D eigenvalue weighted by Crippen LogP contribution is -2.43. The fraction of sp³-hybridized carbons (Fsp3) is 0.412. The molecule has 1 amide bonds. The van der Waals surface area contributed by atoms with Crippen molar-refractivity contribution in [2.45, 2.75) is 13.5 Å². The molecule has 0 unspecified atom stereocenters. The SMILES string of the molecule is Cc1ccc2cc(CNC(=O)CN3CCOCC3)ccc2n1. The topological polar surface area (TPSA) is 54.5 Å². The van der Waals surface area contributed by atoms with Crippen molar-refractivity contribution >= 4 is 16.8 Å². The van der Waals surface area contributed by atoms with E-state index < -0.39 is 0 Å². The minimum Gasteiger partial charge on any atom is -0.379 e. The zero-order chi connectivity index (χ0) is 15.4. The van der Waals surface area contributed by atoms with Gasteiger partial charge in [-0.1, -0.05) is 12.1 Å². The van der Waals surface area contributed by atoms with E-state index in [2.05, 4.69) is 27.3 Å². The van der Waals surface area contributed by atoms with Gasteiger partial charge in [-0.3, -0.25) is 14.7 Å². The highest BCUT2D eigenvalue weighted by atomic mass is 16.5. The fourth-order valence-electron chi connectivity index (χ4n) is 2.61. The van der Waals surface area contributed by atoms with Crippen molar-refractivity contribution in [1.29, 1.82) is 0 Å². The van der Waals surface area contributed by atoms with E-state index in [1.54, 1.807) is 0 Å². The molecule has 0 atom stereocenters. The second-order valence-corrected chi connectivity index (χ2v) is 5.64. The molecule has 1 aliphatic heterocycles. The Bertz CT molecular complexity index is 666. The largest absolute Gasteiger partial charge is 0.379 e. The van der Waals surface area contributed by atoms with Crippen LogP contribution >= 0.6 is 0 Å². The first-order valence-electron chi connectivity index (χ1n) is 7.64. The molecule has 0 bridgehead atoms. The lowest BCUT2D eigenvalue weighted by atomic mass is 10.1. The number of carbonyl (C=O) groups is 1. The van der Waals surface area contributed by atoms with Crippen LogP contribution in [-0.2, 0) is 16.1 Å². The van der Waals surface area contributed by atoms with Crippen molar-refractivity contribution in [2.75, 3.05) is 32.8 Å². The number of nitrogens with zero attached hydrogens (tertiary/aromatic N) is 2. The van der Waals surface area contributed by atoms with Crippen LogP contribution in [0.2, 0.25) is 0 Å². The van der Waals surface area contributed by atoms with Crippen LogP contribution in [0.1, 0.15) is 11.3 Å². The molecule has 1 aromatic heterocycles. The summed E-state index contributed by atoms with van der Waals surface area (Å²) >= 11 is 0. The first-order chi connectivity index (χ1) is 10.7. The normalized spacial score (nSPS) is 15.9. The van der Waals surface area contributed by atoms with Gasteiger partial charge in [0.1, 0.15) is 0 Å². The number of aryl methyl sites for hydroxylation is 1. The summed E-state index contributed by atoms with van der Waals surface area (Å²) in [5, 5.41) is 4.08. The zero-order valence-electron chi connectivity index (χ0n) is 12.8. The molecule has 0 spiro atoms. The lowest BCUT2D eigenvalue weighted by Gasteiger charge is -2.25. The van der Waals surface area contributed by atoms with Crippen molar-refractivity contribution in [1.82, 2.24) is 15.2 Å². The Hall–Kier alpha value is -1.98. The maximum atomic E-state index is 12.0. The van der Waals surface area contributed by atoms with Gasteiger partial charge < -0.3 is 10.1 Å². The summed E-state index contributed by atoms with van der Waals surface area (Å²) in [6.45, 7) is 6.06. The summed E-state index contributed by atoms with van der Waals surface area (Å²) in [6, 6.07) is 10.2. The molecule has 116 valence electrons. The predicted molar refractivity (Wildman–Crippen MR) is 85.6 cm³/mol. The van der Waals surface area contributed by atoms with E-state index in [1.807, 2.05) is 25.1 Å². The molecule has 1 N–H and O–H groups in total. The highest BCUT2D eigenvalue weighted by Gasteiger charge is 2.13. The third kappa shape index (κ3) is 3.81. The number of hydrogen-bond acceptors (Lipinski definition) is 4. The summed E-state index contributed by atoms with van der Waals surface area (Å²) in [6.07, 6.45) is 0. The highest BCUT2D eigenvalue weighted by Crippen LogP contribution is 2.14. The summed E-state index contributed by atoms with van der Waals surface area (Å²) in [5.41, 5.74) is 3.09. The van der Waals surface area contributed by atoms with Crippen LogP contribution in [0.5, 0.6) is 0 Å². The predicted octanol–water partition coefficient (Wildman–Crippen LogP) is 1.49. The van der Waals surface area contributed by atoms with Crippen LogP contribution in [0, 0.1) is 6.92 Å². The molecule has 3 rings (SSSR count). The zero-order valence-corrected chi connectivity index (χ0v) is 12.8. The third-order valence-electron chi connectivity index (χ3n) is 3.85. The smallest absolute Gasteiger partial charge is 0.234 e. The van der Waals surface area contributed by atoms with Gasteiger partial charge >= 0.3 is 0 Å². The number of morpholine rings is 1. The molecule has 0 aliphatic carbocycles. The molecule has 22 heavy (non-hydrogen) atoms. The molecule has 5 heteroatoms. The minimum absolute atomic E-state index is 0.0593. The van der Waals surface area contributed by atoms with Crippen LogP contribution < -0.4 is 5.32 Å². The number of ether oxygens (including phenoxy) is 1. The maximum Gasteiger partial charge on any atom is 0.234 e. The van der Waals surface area contributed by atoms with E-state index in [-0.39, 0.29) is 5.91 Å². The van der Waals surface area contributed by atoms with Crippen molar-refractivity contribution in [2.24, 2.45) is 0 Å². The molecule has 2 heterocycles. The number of amides is 1. The van der Waals surface area contributed by atoms with Crippen LogP contribution in [0.15, 0.2) is 30.3 Å². The Morgan fingerprint density at radius 1 is 1.27 bits per heavy atom. The quantitative estimate of drug-likeness (QED) is 0.929. The monoisotopic (exact) mass is 299 g/mol. The van der Waals surface area contributed by atoms with Crippen molar-refractivity contribution in [3.05, 3.63) is 41.6 Å². The van der Waals surface area contributed by atoms with Gasteiger partial charge in [-0.15, -0.1) is 0 Å². The molecule has 1 fully saturated rings. The van der Waals surface area contributed by atoms with Gasteiger partial charge in [0.05, 0.1) is 25.3 Å². The highest BCUT2D eigenvalue weighted by molar-refractivity contribution is 5.80. The van der Waals surface area contributed by atoms with Crippen LogP contribution in [-0.4, -0.2) is 48.6 Å². The summed E-state index contributed by atoms with van der Waals surface area (Å²) in [4.78, 5) is 18.6. The molecular weight excluding hydrogens is 278 g/mol. The maximum absolute atomic E-state index is 12.0. The van der Waals surface area contributed by atoms with Gasteiger partial charge in [-0.25, -0.2) is 0 Å². The van der Waals surface area contributed by atoms with E-state index in [9.17, 15) is 4.79 Å². The Morgan fingerprint density at radius 2 is 2.09 bits per heavy atom. The molecule has 1 aromatic carbocycles. The third-order valence-corrected chi connectivity index (χ3v) is 3.85. The number of carbonyl (C=O) groups excluding carboxylic acids is 1. The van der Waals surface area contributed by atoms with Crippen LogP contribution in [0.4, 0.5) is 0 Å². The molecule has 1 saturated heterocycles. The fourth-order valence-corrected chi connectivity index (χ4v) is 2.61. The van der Waals surface area contributed by atoms with E-state index in [0.717, 1.165) is 35.2 Å². The second-order valence-electron chi connectivity index (χ2n) is 5.64. The summed E-state index contributed by atoms with van der Waals surface area (Å²) < 4.78 is 5.28. The Kier molecular flexibility index (Phi) is 4.65. The first kappa shape index (κ1) is 14.9. The van der Waals surface area contributed by atoms with Crippen molar-refractivity contribution < 1.29 is 9.53 Å². The molecule has 0 saturated carbocycles. The average Bonchev–Trinajstić information content (AvgIpc) is 2.54. The van der Waals surface area contributed by atoms with Gasteiger partial charge in [0.2, 0.25) is 5.91 Å². The van der Waals surface area contributed by atoms with Crippen LogP contribution in [0.3, 0.4) is 0 Å². The Morgan fingerprint density at radius 3 is 2.91 bits per heavy atom. The Balaban J connectivity index is 1.56. The number of aromatic nitrogens is 1. The van der Waals surface area contributed by atoms with E-state index >= 15 is 0 Å². The second kappa shape index (κ2) is 6.85. The molecule has 1 aliphatic rings. The minimum atomic E-state index is 0.0593. The van der Waals surface area contributed by atoms with E-state index in [4.69, 9.17) is 4.74 Å². The number of rotatable bonds is 4. The van der Waals surface area contributed by atoms with Gasteiger partial charge in [0, 0.05) is 30.7 Å². The van der Waals surface area contributed by atoms with E-state index in [0.29, 0.717) is 26.3 Å². The first-order valence-corrected chi connectivity index (χ1v) is 7.64. The molecule has 2 aromatic rings. The van der Waals surface area contributed by atoms with Gasteiger partial charge in [-0.2, -0.15) is 0 Å². The van der Waals surface area contributed by atoms with Crippen LogP contribution in [0.25, 0.3) is 10.9 Å². The summed E-state index contributed by atoms with van der Waals surface area (Å²) in [5.74, 6) is 0.0593. The van der Waals surface area contributed by atoms with Crippen molar-refractivity contribution in [3.63, 3.8) is 0 Å². The number of nitrogens with one attached hydrogen (secondary N) is 1. The van der Waals surface area contributed by atoms with Gasteiger partial charge in [0.15, 0.2) is 0 Å². The number of benzene rings is 1. The van der Waals surface area contributed by atoms with Crippen molar-refractivity contribution in [3.8, 4) is 0 Å². The number of pyridine rings is 1. The molecule has 0 radical (unpaired) electrons. The van der Waals surface area contributed by atoms with E-state index in [1.165, 1.54) is 0 Å². The lowest BCUT2D eigenvalue weighted by molar-refractivity contribution is -0.123. The molecular formula is C17H21N3O2.